The van der Waals surface area contributed by atoms with Gasteiger partial charge in [0.25, 0.3) is 0 Å². The molecular formula is C19H26N4S. The van der Waals surface area contributed by atoms with Gasteiger partial charge < -0.3 is 15.1 Å². The quantitative estimate of drug-likeness (QED) is 0.809. The van der Waals surface area contributed by atoms with Crippen LogP contribution in [0.25, 0.3) is 0 Å². The molecule has 24 heavy (non-hydrogen) atoms. The first-order valence-corrected chi connectivity index (χ1v) is 8.58. The molecule has 0 radical (unpaired) electrons. The average Bonchev–Trinajstić information content (AvgIpc) is 2.55. The summed E-state index contributed by atoms with van der Waals surface area (Å²) in [4.78, 5) is 8.84. The monoisotopic (exact) mass is 342 g/mol. The largest absolute Gasteiger partial charge is 0.339 e. The highest BCUT2D eigenvalue weighted by Gasteiger charge is 2.19. The molecule has 0 saturated heterocycles. The summed E-state index contributed by atoms with van der Waals surface area (Å²) < 4.78 is 0. The second kappa shape index (κ2) is 8.76. The molecule has 0 amide bonds. The van der Waals surface area contributed by atoms with Gasteiger partial charge >= 0.3 is 0 Å². The van der Waals surface area contributed by atoms with Crippen molar-refractivity contribution in [1.29, 1.82) is 0 Å². The number of nitrogens with zero attached hydrogens (tertiary/aromatic N) is 3. The van der Waals surface area contributed by atoms with Crippen molar-refractivity contribution in [3.05, 3.63) is 59.9 Å². The van der Waals surface area contributed by atoms with E-state index in [2.05, 4.69) is 60.2 Å². The van der Waals surface area contributed by atoms with E-state index < -0.39 is 0 Å². The smallest absolute Gasteiger partial charge is 0.174 e. The number of likely N-dealkylation sites (N-methyl/N-ethyl adjacent to an activating group) is 1. The first-order chi connectivity index (χ1) is 11.5. The number of anilines is 1. The second-order valence-corrected chi connectivity index (χ2v) is 6.61. The van der Waals surface area contributed by atoms with Crippen molar-refractivity contribution in [1.82, 2.24) is 14.8 Å². The molecule has 2 aromatic rings. The van der Waals surface area contributed by atoms with Crippen molar-refractivity contribution < 1.29 is 0 Å². The van der Waals surface area contributed by atoms with Crippen LogP contribution in [0.15, 0.2) is 48.7 Å². The lowest BCUT2D eigenvalue weighted by Gasteiger charge is -2.32. The predicted molar refractivity (Wildman–Crippen MR) is 105 cm³/mol. The Hall–Kier alpha value is -1.98. The fourth-order valence-corrected chi connectivity index (χ4v) is 2.85. The fourth-order valence-electron chi connectivity index (χ4n) is 2.48. The SMILES string of the molecule is Cc1cccc(NC(=S)N(CCN(C)C)[C@@H](C)c2ccccn2)c1. The van der Waals surface area contributed by atoms with Gasteiger partial charge in [-0.3, -0.25) is 4.98 Å². The van der Waals surface area contributed by atoms with Crippen molar-refractivity contribution in [2.24, 2.45) is 0 Å². The van der Waals surface area contributed by atoms with E-state index in [1.54, 1.807) is 0 Å². The van der Waals surface area contributed by atoms with Gasteiger partial charge in [-0.05, 0) is 70.0 Å². The molecule has 4 nitrogen and oxygen atoms in total. The average molecular weight is 343 g/mol. The summed E-state index contributed by atoms with van der Waals surface area (Å²) in [5.41, 5.74) is 3.24. The standard InChI is InChI=1S/C19H26N4S/c1-15-8-7-9-17(14-15)21-19(24)23(13-12-22(3)4)16(2)18-10-5-6-11-20-18/h5-11,14,16H,12-13H2,1-4H3,(H,21,24)/t16-/m0/s1. The summed E-state index contributed by atoms with van der Waals surface area (Å²) in [6, 6.07) is 14.3. The van der Waals surface area contributed by atoms with Gasteiger partial charge in [0.2, 0.25) is 0 Å². The van der Waals surface area contributed by atoms with Gasteiger partial charge in [-0.2, -0.15) is 0 Å². The third kappa shape index (κ3) is 5.28. The van der Waals surface area contributed by atoms with Crippen molar-refractivity contribution in [2.75, 3.05) is 32.5 Å². The van der Waals surface area contributed by atoms with E-state index in [9.17, 15) is 0 Å². The molecule has 0 fully saturated rings. The number of thiocarbonyl (C=S) groups is 1. The molecule has 0 spiro atoms. The van der Waals surface area contributed by atoms with Gasteiger partial charge in [-0.25, -0.2) is 0 Å². The molecule has 1 N–H and O–H groups in total. The first-order valence-electron chi connectivity index (χ1n) is 8.17. The Labute approximate surface area is 150 Å². The lowest BCUT2D eigenvalue weighted by Crippen LogP contribution is -2.41. The third-order valence-electron chi connectivity index (χ3n) is 3.90. The van der Waals surface area contributed by atoms with Gasteiger partial charge in [-0.1, -0.05) is 18.2 Å². The van der Waals surface area contributed by atoms with Gasteiger partial charge in [0, 0.05) is 25.0 Å². The number of aryl methyl sites for hydroxylation is 1. The van der Waals surface area contributed by atoms with E-state index in [0.717, 1.165) is 29.6 Å². The maximum atomic E-state index is 5.70. The number of aromatic nitrogens is 1. The molecule has 0 saturated carbocycles. The van der Waals surface area contributed by atoms with Crippen molar-refractivity contribution in [2.45, 2.75) is 19.9 Å². The van der Waals surface area contributed by atoms with E-state index in [0.29, 0.717) is 0 Å². The lowest BCUT2D eigenvalue weighted by atomic mass is 10.2. The Bertz CT molecular complexity index is 657. The Morgan fingerprint density at radius 3 is 2.58 bits per heavy atom. The van der Waals surface area contributed by atoms with Gasteiger partial charge in [-0.15, -0.1) is 0 Å². The number of hydrogen-bond acceptors (Lipinski definition) is 3. The molecule has 5 heteroatoms. The van der Waals surface area contributed by atoms with Crippen molar-refractivity contribution in [3.8, 4) is 0 Å². The van der Waals surface area contributed by atoms with Crippen LogP contribution in [0.2, 0.25) is 0 Å². The van der Waals surface area contributed by atoms with Crippen molar-refractivity contribution in [3.63, 3.8) is 0 Å². The number of nitrogens with one attached hydrogen (secondary N) is 1. The van der Waals surface area contributed by atoms with Crippen LogP contribution in [-0.2, 0) is 0 Å². The summed E-state index contributed by atoms with van der Waals surface area (Å²) in [6.45, 7) is 5.98. The maximum absolute atomic E-state index is 5.70. The number of hydrogen-bond donors (Lipinski definition) is 1. The molecule has 1 aromatic heterocycles. The zero-order chi connectivity index (χ0) is 17.5. The minimum absolute atomic E-state index is 0.107. The topological polar surface area (TPSA) is 31.4 Å². The minimum atomic E-state index is 0.107. The lowest BCUT2D eigenvalue weighted by molar-refractivity contribution is 0.286. The number of benzene rings is 1. The molecule has 2 rings (SSSR count). The van der Waals surface area contributed by atoms with E-state index in [-0.39, 0.29) is 6.04 Å². The summed E-state index contributed by atoms with van der Waals surface area (Å²) in [7, 11) is 4.14. The van der Waals surface area contributed by atoms with E-state index in [1.165, 1.54) is 5.56 Å². The van der Waals surface area contributed by atoms with Gasteiger partial charge in [0.1, 0.15) is 0 Å². The van der Waals surface area contributed by atoms with Gasteiger partial charge in [0.05, 0.1) is 11.7 Å². The van der Waals surface area contributed by atoms with Crippen LogP contribution in [0, 0.1) is 6.92 Å². The van der Waals surface area contributed by atoms with Crippen LogP contribution in [0.5, 0.6) is 0 Å². The Morgan fingerprint density at radius 2 is 1.96 bits per heavy atom. The number of pyridine rings is 1. The van der Waals surface area contributed by atoms with E-state index >= 15 is 0 Å². The fraction of sp³-hybridized carbons (Fsp3) is 0.368. The molecule has 1 heterocycles. The highest BCUT2D eigenvalue weighted by atomic mass is 32.1. The molecule has 0 aliphatic heterocycles. The molecule has 0 aliphatic carbocycles. The highest BCUT2D eigenvalue weighted by Crippen LogP contribution is 2.20. The molecule has 0 unspecified atom stereocenters. The maximum Gasteiger partial charge on any atom is 0.174 e. The highest BCUT2D eigenvalue weighted by molar-refractivity contribution is 7.80. The molecular weight excluding hydrogens is 316 g/mol. The van der Waals surface area contributed by atoms with E-state index in [1.807, 2.05) is 36.5 Å². The van der Waals surface area contributed by atoms with Crippen LogP contribution in [0.3, 0.4) is 0 Å². The number of rotatable bonds is 6. The molecule has 1 atom stereocenters. The Balaban J connectivity index is 2.16. The zero-order valence-corrected chi connectivity index (χ0v) is 15.7. The predicted octanol–water partition coefficient (Wildman–Crippen LogP) is 3.71. The second-order valence-electron chi connectivity index (χ2n) is 6.23. The van der Waals surface area contributed by atoms with Gasteiger partial charge in [0.15, 0.2) is 5.11 Å². The third-order valence-corrected chi connectivity index (χ3v) is 4.24. The van der Waals surface area contributed by atoms with Crippen LogP contribution in [0.1, 0.15) is 24.2 Å². The summed E-state index contributed by atoms with van der Waals surface area (Å²) in [6.07, 6.45) is 1.83. The Kier molecular flexibility index (Phi) is 6.70. The molecule has 1 aromatic carbocycles. The molecule has 128 valence electrons. The summed E-state index contributed by atoms with van der Waals surface area (Å²) in [5.74, 6) is 0. The van der Waals surface area contributed by atoms with Crippen LogP contribution in [0.4, 0.5) is 5.69 Å². The molecule has 0 aliphatic rings. The van der Waals surface area contributed by atoms with Crippen molar-refractivity contribution >= 4 is 23.0 Å². The molecule has 0 bridgehead atoms. The normalized spacial score (nSPS) is 12.0. The van der Waals surface area contributed by atoms with Crippen LogP contribution in [-0.4, -0.2) is 47.1 Å². The summed E-state index contributed by atoms with van der Waals surface area (Å²) in [5, 5.41) is 4.09. The van der Waals surface area contributed by atoms with Crippen LogP contribution < -0.4 is 5.32 Å². The van der Waals surface area contributed by atoms with Crippen LogP contribution >= 0.6 is 12.2 Å². The zero-order valence-electron chi connectivity index (χ0n) is 14.9. The van der Waals surface area contributed by atoms with E-state index in [4.69, 9.17) is 12.2 Å². The Morgan fingerprint density at radius 1 is 1.17 bits per heavy atom. The first kappa shape index (κ1) is 18.4. The minimum Gasteiger partial charge on any atom is -0.339 e. The summed E-state index contributed by atoms with van der Waals surface area (Å²) >= 11 is 5.70.